The molecule has 0 radical (unpaired) electrons. The number of imidazole rings is 1. The van der Waals surface area contributed by atoms with Gasteiger partial charge in [-0.25, -0.2) is 13.8 Å². The molecule has 0 aliphatic rings. The molecule has 3 rings (SSSR count). The molecule has 0 fully saturated rings. The molecule has 0 bridgehead atoms. The van der Waals surface area contributed by atoms with Gasteiger partial charge < -0.3 is 5.73 Å². The third-order valence-electron chi connectivity index (χ3n) is 2.97. The molecule has 0 saturated carbocycles. The zero-order valence-corrected chi connectivity index (χ0v) is 9.98. The monoisotopic (exact) mass is 259 g/mol. The molecule has 0 amide bonds. The lowest BCUT2D eigenvalue weighted by molar-refractivity contribution is 0.617. The van der Waals surface area contributed by atoms with E-state index in [2.05, 4.69) is 4.98 Å². The Balaban J connectivity index is 2.29. The molecule has 2 heterocycles. The van der Waals surface area contributed by atoms with E-state index in [9.17, 15) is 8.78 Å². The van der Waals surface area contributed by atoms with Gasteiger partial charge in [0.25, 0.3) is 0 Å². The van der Waals surface area contributed by atoms with Gasteiger partial charge in [-0.05, 0) is 24.3 Å². The number of hydrogen-bond acceptors (Lipinski definition) is 2. The first kappa shape index (κ1) is 11.8. The summed E-state index contributed by atoms with van der Waals surface area (Å²) in [7, 11) is 0. The predicted octanol–water partition coefficient (Wildman–Crippen LogP) is 2.74. The molecule has 0 atom stereocenters. The van der Waals surface area contributed by atoms with Crippen LogP contribution >= 0.6 is 0 Å². The Bertz CT molecular complexity index is 750. The number of hydrogen-bond donors (Lipinski definition) is 1. The van der Waals surface area contributed by atoms with Gasteiger partial charge in [0.15, 0.2) is 0 Å². The van der Waals surface area contributed by atoms with Crippen LogP contribution in [0.25, 0.3) is 16.9 Å². The van der Waals surface area contributed by atoms with Crippen molar-refractivity contribution in [2.24, 2.45) is 5.73 Å². The molecule has 0 aliphatic heterocycles. The molecule has 96 valence electrons. The van der Waals surface area contributed by atoms with Crippen LogP contribution in [-0.4, -0.2) is 9.38 Å². The quantitative estimate of drug-likeness (QED) is 0.769. The maximum Gasteiger partial charge on any atom is 0.139 e. The van der Waals surface area contributed by atoms with Gasteiger partial charge in [-0.1, -0.05) is 12.1 Å². The lowest BCUT2D eigenvalue weighted by Gasteiger charge is -2.02. The summed E-state index contributed by atoms with van der Waals surface area (Å²) in [5.74, 6) is -0.714. The van der Waals surface area contributed by atoms with Gasteiger partial charge in [-0.15, -0.1) is 0 Å². The van der Waals surface area contributed by atoms with Crippen LogP contribution in [0.1, 0.15) is 5.69 Å². The van der Waals surface area contributed by atoms with Crippen molar-refractivity contribution >= 4 is 5.65 Å². The molecule has 0 spiro atoms. The molecule has 3 aromatic rings. The fourth-order valence-electron chi connectivity index (χ4n) is 2.13. The molecule has 2 aromatic heterocycles. The highest BCUT2D eigenvalue weighted by Crippen LogP contribution is 2.25. The lowest BCUT2D eigenvalue weighted by atomic mass is 10.1. The van der Waals surface area contributed by atoms with E-state index in [0.717, 1.165) is 0 Å². The number of aromatic nitrogens is 2. The molecule has 19 heavy (non-hydrogen) atoms. The Morgan fingerprint density at radius 3 is 2.68 bits per heavy atom. The fraction of sp³-hybridized carbons (Fsp3) is 0.0714. The number of fused-ring (bicyclic) bond motifs is 1. The molecule has 2 N–H and O–H groups in total. The van der Waals surface area contributed by atoms with E-state index >= 15 is 0 Å². The van der Waals surface area contributed by atoms with Crippen molar-refractivity contribution < 1.29 is 8.78 Å². The number of rotatable bonds is 2. The third-order valence-corrected chi connectivity index (χ3v) is 2.97. The summed E-state index contributed by atoms with van der Waals surface area (Å²) >= 11 is 0. The maximum atomic E-state index is 13.3. The minimum absolute atomic E-state index is 0.191. The van der Waals surface area contributed by atoms with E-state index in [1.807, 2.05) is 0 Å². The number of benzene rings is 1. The van der Waals surface area contributed by atoms with Crippen molar-refractivity contribution in [1.29, 1.82) is 0 Å². The highest BCUT2D eigenvalue weighted by Gasteiger charge is 2.13. The predicted molar refractivity (Wildman–Crippen MR) is 68.4 cm³/mol. The first-order chi connectivity index (χ1) is 9.19. The van der Waals surface area contributed by atoms with Gasteiger partial charge in [-0.2, -0.15) is 0 Å². The van der Waals surface area contributed by atoms with Crippen LogP contribution in [0.5, 0.6) is 0 Å². The van der Waals surface area contributed by atoms with Gasteiger partial charge in [0, 0.05) is 18.3 Å². The van der Waals surface area contributed by atoms with Crippen molar-refractivity contribution in [2.45, 2.75) is 6.54 Å². The number of halogens is 2. The third kappa shape index (κ3) is 1.98. The highest BCUT2D eigenvalue weighted by molar-refractivity contribution is 5.66. The second kappa shape index (κ2) is 4.44. The van der Waals surface area contributed by atoms with E-state index in [0.29, 0.717) is 22.6 Å². The molecule has 0 aliphatic carbocycles. The van der Waals surface area contributed by atoms with Crippen molar-refractivity contribution in [2.75, 3.05) is 0 Å². The zero-order valence-electron chi connectivity index (χ0n) is 9.98. The normalized spacial score (nSPS) is 11.1. The van der Waals surface area contributed by atoms with Crippen LogP contribution < -0.4 is 5.73 Å². The first-order valence-electron chi connectivity index (χ1n) is 5.81. The van der Waals surface area contributed by atoms with E-state index < -0.39 is 0 Å². The molecule has 3 nitrogen and oxygen atoms in total. The standard InChI is InChI=1S/C14H11F2N3/c15-10-3-1-2-9(6-10)14-12(7-17)19-8-11(16)4-5-13(19)18-14/h1-6,8H,7,17H2. The highest BCUT2D eigenvalue weighted by atomic mass is 19.1. The lowest BCUT2D eigenvalue weighted by Crippen LogP contribution is -2.03. The Morgan fingerprint density at radius 2 is 1.95 bits per heavy atom. The van der Waals surface area contributed by atoms with Crippen molar-refractivity contribution in [3.05, 3.63) is 59.9 Å². The zero-order chi connectivity index (χ0) is 13.4. The molecular formula is C14H11F2N3. The van der Waals surface area contributed by atoms with Crippen LogP contribution in [0, 0.1) is 11.6 Å². The van der Waals surface area contributed by atoms with Crippen LogP contribution in [-0.2, 0) is 6.54 Å². The molecule has 1 aromatic carbocycles. The Labute approximate surface area is 108 Å². The van der Waals surface area contributed by atoms with E-state index in [1.165, 1.54) is 24.4 Å². The fourth-order valence-corrected chi connectivity index (χ4v) is 2.13. The minimum atomic E-state index is -0.370. The summed E-state index contributed by atoms with van der Waals surface area (Å²) in [4.78, 5) is 4.39. The number of pyridine rings is 1. The first-order valence-corrected chi connectivity index (χ1v) is 5.81. The summed E-state index contributed by atoms with van der Waals surface area (Å²) in [5, 5.41) is 0. The van der Waals surface area contributed by atoms with E-state index in [4.69, 9.17) is 5.73 Å². The second-order valence-electron chi connectivity index (χ2n) is 4.20. The Kier molecular flexibility index (Phi) is 2.76. The number of nitrogens with two attached hydrogens (primary N) is 1. The Morgan fingerprint density at radius 1 is 1.11 bits per heavy atom. The molecule has 5 heteroatoms. The average molecular weight is 259 g/mol. The Hall–Kier alpha value is -2.27. The van der Waals surface area contributed by atoms with Gasteiger partial charge in [0.1, 0.15) is 17.3 Å². The summed E-state index contributed by atoms with van der Waals surface area (Å²) in [6.45, 7) is 0.191. The van der Waals surface area contributed by atoms with Crippen molar-refractivity contribution in [3.63, 3.8) is 0 Å². The van der Waals surface area contributed by atoms with Gasteiger partial charge in [-0.3, -0.25) is 4.40 Å². The van der Waals surface area contributed by atoms with Crippen LogP contribution in [0.3, 0.4) is 0 Å². The topological polar surface area (TPSA) is 43.3 Å². The van der Waals surface area contributed by atoms with Crippen molar-refractivity contribution in [1.82, 2.24) is 9.38 Å². The van der Waals surface area contributed by atoms with Gasteiger partial charge in [0.2, 0.25) is 0 Å². The smallest absolute Gasteiger partial charge is 0.139 e. The van der Waals surface area contributed by atoms with Crippen LogP contribution in [0.15, 0.2) is 42.6 Å². The minimum Gasteiger partial charge on any atom is -0.325 e. The summed E-state index contributed by atoms with van der Waals surface area (Å²) < 4.78 is 28.2. The van der Waals surface area contributed by atoms with Gasteiger partial charge in [0.05, 0.1) is 11.4 Å². The number of nitrogens with zero attached hydrogens (tertiary/aromatic N) is 2. The van der Waals surface area contributed by atoms with E-state index in [-0.39, 0.29) is 18.2 Å². The van der Waals surface area contributed by atoms with Crippen molar-refractivity contribution in [3.8, 4) is 11.3 Å². The summed E-state index contributed by atoms with van der Waals surface area (Å²) in [5.41, 5.74) is 8.15. The summed E-state index contributed by atoms with van der Waals surface area (Å²) in [6.07, 6.45) is 1.33. The molecule has 0 unspecified atom stereocenters. The van der Waals surface area contributed by atoms with Gasteiger partial charge >= 0.3 is 0 Å². The van der Waals surface area contributed by atoms with Crippen LogP contribution in [0.2, 0.25) is 0 Å². The maximum absolute atomic E-state index is 13.3. The summed E-state index contributed by atoms with van der Waals surface area (Å²) in [6, 6.07) is 9.00. The average Bonchev–Trinajstić information content (AvgIpc) is 2.76. The molecule has 0 saturated heterocycles. The molecular weight excluding hydrogens is 248 g/mol. The van der Waals surface area contributed by atoms with E-state index in [1.54, 1.807) is 22.6 Å². The largest absolute Gasteiger partial charge is 0.325 e. The SMILES string of the molecule is NCc1c(-c2cccc(F)c2)nc2ccc(F)cn12. The second-order valence-corrected chi connectivity index (χ2v) is 4.20. The van der Waals surface area contributed by atoms with Crippen LogP contribution in [0.4, 0.5) is 8.78 Å².